The number of pyridine rings is 1. The summed E-state index contributed by atoms with van der Waals surface area (Å²) in [7, 11) is -3.63. The van der Waals surface area contributed by atoms with Crippen LogP contribution in [0.5, 0.6) is 0 Å². The molecule has 0 aliphatic heterocycles. The third-order valence-corrected chi connectivity index (χ3v) is 6.76. The molecule has 0 aliphatic carbocycles. The minimum atomic E-state index is -3.63. The molecule has 3 rings (SSSR count). The highest BCUT2D eigenvalue weighted by Gasteiger charge is 2.15. The molecule has 2 N–H and O–H groups in total. The first-order valence-corrected chi connectivity index (χ1v) is 13.0. The number of aromatic nitrogens is 1. The van der Waals surface area contributed by atoms with Gasteiger partial charge in [-0.15, -0.1) is 0 Å². The molecule has 178 valence electrons. The Morgan fingerprint density at radius 3 is 2.59 bits per heavy atom. The highest BCUT2D eigenvalue weighted by molar-refractivity contribution is 7.92. The van der Waals surface area contributed by atoms with Crippen LogP contribution in [0, 0.1) is 6.92 Å². The average Bonchev–Trinajstić information content (AvgIpc) is 2.84. The fraction of sp³-hybridized carbons (Fsp3) is 0.259. The molecule has 0 atom stereocenters. The molecule has 0 aliphatic rings. The van der Waals surface area contributed by atoms with E-state index in [4.69, 9.17) is 0 Å². The van der Waals surface area contributed by atoms with Gasteiger partial charge in [-0.25, -0.2) is 8.42 Å². The maximum absolute atomic E-state index is 12.8. The zero-order valence-corrected chi connectivity index (χ0v) is 20.2. The molecule has 1 aromatic heterocycles. The van der Waals surface area contributed by atoms with Crippen molar-refractivity contribution in [2.24, 2.45) is 0 Å². The lowest BCUT2D eigenvalue weighted by atomic mass is 10.1. The molecule has 3 aromatic rings. The molecule has 0 bridgehead atoms. The van der Waals surface area contributed by atoms with E-state index < -0.39 is 10.0 Å². The number of rotatable bonds is 12. The van der Waals surface area contributed by atoms with E-state index in [2.05, 4.69) is 15.0 Å². The molecule has 0 saturated carbocycles. The predicted octanol–water partition coefficient (Wildman–Crippen LogP) is 5.12. The third-order valence-electron chi connectivity index (χ3n) is 5.40. The number of nitrogens with one attached hydrogen (secondary N) is 2. The number of sulfonamides is 1. The molecule has 6 nitrogen and oxygen atoms in total. The lowest BCUT2D eigenvalue weighted by Gasteiger charge is -2.11. The van der Waals surface area contributed by atoms with Gasteiger partial charge in [-0.2, -0.15) is 0 Å². The first kappa shape index (κ1) is 25.2. The van der Waals surface area contributed by atoms with E-state index in [1.54, 1.807) is 42.7 Å². The van der Waals surface area contributed by atoms with E-state index in [-0.39, 0.29) is 10.8 Å². The van der Waals surface area contributed by atoms with E-state index in [0.29, 0.717) is 12.2 Å². The minimum Gasteiger partial charge on any atom is -0.353 e. The van der Waals surface area contributed by atoms with Crippen molar-refractivity contribution in [2.45, 2.75) is 43.9 Å². The number of benzene rings is 2. The second kappa shape index (κ2) is 12.7. The monoisotopic (exact) mass is 477 g/mol. The minimum absolute atomic E-state index is 0.110. The van der Waals surface area contributed by atoms with Gasteiger partial charge in [0.05, 0.1) is 10.6 Å². The van der Waals surface area contributed by atoms with E-state index in [1.165, 1.54) is 6.08 Å². The molecular formula is C27H31N3O3S. The van der Waals surface area contributed by atoms with Gasteiger partial charge in [0.2, 0.25) is 5.91 Å². The van der Waals surface area contributed by atoms with Gasteiger partial charge in [0.25, 0.3) is 10.0 Å². The van der Waals surface area contributed by atoms with Gasteiger partial charge < -0.3 is 5.32 Å². The summed E-state index contributed by atoms with van der Waals surface area (Å²) < 4.78 is 28.2. The molecule has 0 unspecified atom stereocenters. The lowest BCUT2D eigenvalue weighted by molar-refractivity contribution is -0.116. The maximum atomic E-state index is 12.8. The largest absolute Gasteiger partial charge is 0.353 e. The SMILES string of the molecule is Cc1ccccc1NS(=O)(=O)c1cccc(CCCCCCNC(=O)/C=C/c2cccnc2)c1. The van der Waals surface area contributed by atoms with Crippen LogP contribution in [0.2, 0.25) is 0 Å². The van der Waals surface area contributed by atoms with Crippen LogP contribution in [0.25, 0.3) is 6.08 Å². The Bertz CT molecular complexity index is 1210. The summed E-state index contributed by atoms with van der Waals surface area (Å²) in [6.45, 7) is 2.51. The number of nitrogens with zero attached hydrogens (tertiary/aromatic N) is 1. The van der Waals surface area contributed by atoms with E-state index in [1.807, 2.05) is 43.3 Å². The van der Waals surface area contributed by atoms with Crippen molar-refractivity contribution in [1.29, 1.82) is 0 Å². The molecule has 1 heterocycles. The number of aryl methyl sites for hydroxylation is 2. The second-order valence-corrected chi connectivity index (χ2v) is 9.83. The first-order chi connectivity index (χ1) is 16.4. The second-order valence-electron chi connectivity index (χ2n) is 8.14. The topological polar surface area (TPSA) is 88.2 Å². The van der Waals surface area contributed by atoms with Gasteiger partial charge in [0.1, 0.15) is 0 Å². The molecular weight excluding hydrogens is 446 g/mol. The number of hydrogen-bond acceptors (Lipinski definition) is 4. The Kier molecular flexibility index (Phi) is 9.40. The van der Waals surface area contributed by atoms with Crippen LogP contribution in [-0.2, 0) is 21.2 Å². The van der Waals surface area contributed by atoms with Crippen molar-refractivity contribution in [1.82, 2.24) is 10.3 Å². The number of amides is 1. The summed E-state index contributed by atoms with van der Waals surface area (Å²) in [6, 6.07) is 18.2. The number of carbonyl (C=O) groups excluding carboxylic acids is 1. The standard InChI is InChI=1S/C27H31N3O3S/c1-22-10-5-6-15-26(22)30-34(32,33)25-14-8-12-23(20-25)11-4-2-3-7-19-29-27(31)17-16-24-13-9-18-28-21-24/h5-6,8-10,12-18,20-21,30H,2-4,7,11,19H2,1H3,(H,29,31)/b17-16+. The van der Waals surface area contributed by atoms with E-state index in [0.717, 1.165) is 48.8 Å². The van der Waals surface area contributed by atoms with Gasteiger partial charge in [-0.1, -0.05) is 49.2 Å². The van der Waals surface area contributed by atoms with Crippen molar-refractivity contribution < 1.29 is 13.2 Å². The zero-order valence-electron chi connectivity index (χ0n) is 19.4. The molecule has 7 heteroatoms. The number of anilines is 1. The van der Waals surface area contributed by atoms with Gasteiger partial charge in [-0.3, -0.25) is 14.5 Å². The Morgan fingerprint density at radius 1 is 0.971 bits per heavy atom. The summed E-state index contributed by atoms with van der Waals surface area (Å²) in [6.07, 6.45) is 11.4. The van der Waals surface area contributed by atoms with E-state index >= 15 is 0 Å². The summed E-state index contributed by atoms with van der Waals surface area (Å²) in [4.78, 5) is 16.1. The van der Waals surface area contributed by atoms with Crippen LogP contribution in [-0.4, -0.2) is 25.9 Å². The first-order valence-electron chi connectivity index (χ1n) is 11.5. The summed E-state index contributed by atoms with van der Waals surface area (Å²) in [5, 5.41) is 2.89. The number of hydrogen-bond donors (Lipinski definition) is 2. The maximum Gasteiger partial charge on any atom is 0.261 e. The fourth-order valence-electron chi connectivity index (χ4n) is 3.48. The summed E-state index contributed by atoms with van der Waals surface area (Å²) in [5.74, 6) is -0.110. The Labute approximate surface area is 202 Å². The predicted molar refractivity (Wildman–Crippen MR) is 137 cm³/mol. The Balaban J connectivity index is 1.37. The normalized spacial score (nSPS) is 11.4. The molecule has 1 amide bonds. The quantitative estimate of drug-likeness (QED) is 0.280. The van der Waals surface area contributed by atoms with Crippen LogP contribution >= 0.6 is 0 Å². The van der Waals surface area contributed by atoms with Crippen molar-refractivity contribution in [2.75, 3.05) is 11.3 Å². The number of para-hydroxylation sites is 1. The van der Waals surface area contributed by atoms with Crippen LogP contribution < -0.4 is 10.0 Å². The third kappa shape index (κ3) is 8.15. The smallest absolute Gasteiger partial charge is 0.261 e. The molecule has 0 fully saturated rings. The van der Waals surface area contributed by atoms with Gasteiger partial charge in [-0.05, 0) is 73.2 Å². The van der Waals surface area contributed by atoms with Crippen LogP contribution in [0.3, 0.4) is 0 Å². The van der Waals surface area contributed by atoms with Crippen LogP contribution in [0.1, 0.15) is 42.4 Å². The lowest BCUT2D eigenvalue weighted by Crippen LogP contribution is -2.21. The highest BCUT2D eigenvalue weighted by Crippen LogP contribution is 2.20. The number of unbranched alkanes of at least 4 members (excludes halogenated alkanes) is 3. The summed E-state index contributed by atoms with van der Waals surface area (Å²) in [5.41, 5.74) is 3.36. The van der Waals surface area contributed by atoms with Crippen molar-refractivity contribution in [3.63, 3.8) is 0 Å². The summed E-state index contributed by atoms with van der Waals surface area (Å²) >= 11 is 0. The van der Waals surface area contributed by atoms with Gasteiger partial charge in [0, 0.05) is 25.0 Å². The van der Waals surface area contributed by atoms with Crippen molar-refractivity contribution in [3.8, 4) is 0 Å². The van der Waals surface area contributed by atoms with Crippen molar-refractivity contribution >= 4 is 27.7 Å². The highest BCUT2D eigenvalue weighted by atomic mass is 32.2. The Morgan fingerprint density at radius 2 is 1.79 bits per heavy atom. The molecule has 0 saturated heterocycles. The molecule has 0 spiro atoms. The van der Waals surface area contributed by atoms with Crippen LogP contribution in [0.4, 0.5) is 5.69 Å². The van der Waals surface area contributed by atoms with Crippen LogP contribution in [0.15, 0.2) is 84.0 Å². The van der Waals surface area contributed by atoms with Gasteiger partial charge >= 0.3 is 0 Å². The fourth-order valence-corrected chi connectivity index (χ4v) is 4.68. The van der Waals surface area contributed by atoms with E-state index in [9.17, 15) is 13.2 Å². The zero-order chi connectivity index (χ0) is 24.2. The van der Waals surface area contributed by atoms with Crippen molar-refractivity contribution in [3.05, 3.63) is 95.8 Å². The molecule has 2 aromatic carbocycles. The van der Waals surface area contributed by atoms with Gasteiger partial charge in [0.15, 0.2) is 0 Å². The molecule has 0 radical (unpaired) electrons. The molecule has 34 heavy (non-hydrogen) atoms. The number of carbonyl (C=O) groups is 1. The average molecular weight is 478 g/mol. The Hall–Kier alpha value is -3.45.